The molecule has 15 heavy (non-hydrogen) atoms. The van der Waals surface area contributed by atoms with Gasteiger partial charge in [0.15, 0.2) is 0 Å². The zero-order valence-electron chi connectivity index (χ0n) is 9.15. The molecule has 1 heterocycles. The van der Waals surface area contributed by atoms with E-state index >= 15 is 0 Å². The fourth-order valence-electron chi connectivity index (χ4n) is 1.33. The standard InChI is InChI=1S/C11H17Br2NS/c1-8(2)4-3-5-14-7-9-6-10(12)11(13)15-9/h6,8,14H,3-5,7H2,1-2H3. The molecule has 0 aliphatic heterocycles. The summed E-state index contributed by atoms with van der Waals surface area (Å²) in [7, 11) is 0. The van der Waals surface area contributed by atoms with Gasteiger partial charge in [0.05, 0.1) is 3.79 Å². The molecular weight excluding hydrogens is 338 g/mol. The van der Waals surface area contributed by atoms with Crippen molar-refractivity contribution in [3.05, 3.63) is 19.2 Å². The Bertz CT molecular complexity index is 277. The van der Waals surface area contributed by atoms with Crippen molar-refractivity contribution in [3.8, 4) is 0 Å². The Morgan fingerprint density at radius 2 is 2.13 bits per heavy atom. The van der Waals surface area contributed by atoms with Crippen molar-refractivity contribution in [1.29, 1.82) is 0 Å². The molecule has 0 fully saturated rings. The molecule has 0 aliphatic rings. The maximum Gasteiger partial charge on any atom is 0.0843 e. The van der Waals surface area contributed by atoms with E-state index in [1.807, 2.05) is 0 Å². The predicted molar refractivity (Wildman–Crippen MR) is 75.5 cm³/mol. The Labute approximate surface area is 113 Å². The first-order chi connectivity index (χ1) is 7.09. The third kappa shape index (κ3) is 5.48. The minimum Gasteiger partial charge on any atom is -0.312 e. The van der Waals surface area contributed by atoms with Crippen LogP contribution in [0.15, 0.2) is 14.3 Å². The lowest BCUT2D eigenvalue weighted by Gasteiger charge is -2.05. The Morgan fingerprint density at radius 3 is 2.67 bits per heavy atom. The summed E-state index contributed by atoms with van der Waals surface area (Å²) in [5, 5.41) is 3.47. The van der Waals surface area contributed by atoms with Gasteiger partial charge in [-0.05, 0) is 63.2 Å². The molecule has 1 nitrogen and oxygen atoms in total. The predicted octanol–water partition coefficient (Wildman–Crippen LogP) is 4.80. The molecule has 0 amide bonds. The lowest BCUT2D eigenvalue weighted by Crippen LogP contribution is -2.14. The summed E-state index contributed by atoms with van der Waals surface area (Å²) in [6, 6.07) is 2.17. The quantitative estimate of drug-likeness (QED) is 0.723. The number of thiophene rings is 1. The van der Waals surface area contributed by atoms with Gasteiger partial charge in [0.1, 0.15) is 0 Å². The summed E-state index contributed by atoms with van der Waals surface area (Å²) in [5.74, 6) is 0.817. The van der Waals surface area contributed by atoms with Crippen molar-refractivity contribution in [2.24, 2.45) is 5.92 Å². The molecule has 1 rings (SSSR count). The van der Waals surface area contributed by atoms with Gasteiger partial charge in [0.2, 0.25) is 0 Å². The van der Waals surface area contributed by atoms with E-state index in [-0.39, 0.29) is 0 Å². The number of nitrogens with one attached hydrogen (secondary N) is 1. The van der Waals surface area contributed by atoms with Gasteiger partial charge in [-0.3, -0.25) is 0 Å². The second kappa shape index (κ2) is 7.05. The lowest BCUT2D eigenvalue weighted by molar-refractivity contribution is 0.528. The maximum atomic E-state index is 3.50. The Morgan fingerprint density at radius 1 is 1.40 bits per heavy atom. The highest BCUT2D eigenvalue weighted by Gasteiger charge is 2.03. The smallest absolute Gasteiger partial charge is 0.0843 e. The van der Waals surface area contributed by atoms with E-state index in [1.165, 1.54) is 21.5 Å². The van der Waals surface area contributed by atoms with Crippen molar-refractivity contribution in [2.75, 3.05) is 6.54 Å². The highest BCUT2D eigenvalue weighted by molar-refractivity contribution is 9.13. The number of halogens is 2. The fourth-order valence-corrected chi connectivity index (χ4v) is 3.47. The monoisotopic (exact) mass is 353 g/mol. The van der Waals surface area contributed by atoms with Gasteiger partial charge < -0.3 is 5.32 Å². The van der Waals surface area contributed by atoms with Crippen LogP contribution in [0.4, 0.5) is 0 Å². The molecule has 0 aromatic carbocycles. The second-order valence-corrected chi connectivity index (χ2v) is 7.36. The molecule has 0 saturated carbocycles. The van der Waals surface area contributed by atoms with Crippen LogP contribution < -0.4 is 5.32 Å². The number of rotatable bonds is 6. The average Bonchev–Trinajstić information content (AvgIpc) is 2.45. The van der Waals surface area contributed by atoms with E-state index in [1.54, 1.807) is 11.3 Å². The zero-order valence-corrected chi connectivity index (χ0v) is 13.1. The minimum atomic E-state index is 0.817. The largest absolute Gasteiger partial charge is 0.312 e. The molecule has 86 valence electrons. The molecule has 0 unspecified atom stereocenters. The van der Waals surface area contributed by atoms with E-state index in [0.717, 1.165) is 23.5 Å². The molecule has 0 radical (unpaired) electrons. The molecule has 0 atom stereocenters. The van der Waals surface area contributed by atoms with Crippen LogP contribution in [0.2, 0.25) is 0 Å². The van der Waals surface area contributed by atoms with Crippen molar-refractivity contribution in [1.82, 2.24) is 5.32 Å². The Kier molecular flexibility index (Phi) is 6.43. The number of hydrogen-bond acceptors (Lipinski definition) is 2. The minimum absolute atomic E-state index is 0.817. The summed E-state index contributed by atoms with van der Waals surface area (Å²) in [5.41, 5.74) is 0. The van der Waals surface area contributed by atoms with Gasteiger partial charge in [0.25, 0.3) is 0 Å². The summed E-state index contributed by atoms with van der Waals surface area (Å²) in [4.78, 5) is 1.37. The van der Waals surface area contributed by atoms with Crippen LogP contribution in [0.25, 0.3) is 0 Å². The highest BCUT2D eigenvalue weighted by Crippen LogP contribution is 2.32. The fraction of sp³-hybridized carbons (Fsp3) is 0.636. The van der Waals surface area contributed by atoms with E-state index < -0.39 is 0 Å². The van der Waals surface area contributed by atoms with Crippen LogP contribution in [-0.4, -0.2) is 6.54 Å². The zero-order chi connectivity index (χ0) is 11.3. The van der Waals surface area contributed by atoms with Crippen molar-refractivity contribution in [2.45, 2.75) is 33.2 Å². The van der Waals surface area contributed by atoms with Gasteiger partial charge in [-0.25, -0.2) is 0 Å². The molecule has 1 aromatic rings. The van der Waals surface area contributed by atoms with Gasteiger partial charge in [0, 0.05) is 15.9 Å². The maximum absolute atomic E-state index is 3.50. The molecule has 0 saturated heterocycles. The molecular formula is C11H17Br2NS. The van der Waals surface area contributed by atoms with Crippen LogP contribution in [0.3, 0.4) is 0 Å². The topological polar surface area (TPSA) is 12.0 Å². The molecule has 4 heteroatoms. The summed E-state index contributed by atoms with van der Waals surface area (Å²) >= 11 is 8.78. The van der Waals surface area contributed by atoms with Crippen molar-refractivity contribution < 1.29 is 0 Å². The van der Waals surface area contributed by atoms with Gasteiger partial charge in [-0.15, -0.1) is 11.3 Å². The van der Waals surface area contributed by atoms with Crippen LogP contribution in [0.5, 0.6) is 0 Å². The number of hydrogen-bond donors (Lipinski definition) is 1. The first-order valence-corrected chi connectivity index (χ1v) is 7.64. The van der Waals surface area contributed by atoms with Crippen LogP contribution >= 0.6 is 43.2 Å². The Hall–Kier alpha value is 0.620. The normalized spacial score (nSPS) is 11.3. The molecule has 1 aromatic heterocycles. The molecule has 0 bridgehead atoms. The summed E-state index contributed by atoms with van der Waals surface area (Å²) < 4.78 is 2.34. The first-order valence-electron chi connectivity index (χ1n) is 5.24. The van der Waals surface area contributed by atoms with E-state index in [2.05, 4.69) is 57.1 Å². The molecule has 0 spiro atoms. The van der Waals surface area contributed by atoms with Gasteiger partial charge >= 0.3 is 0 Å². The van der Waals surface area contributed by atoms with Crippen LogP contribution in [0, 0.1) is 5.92 Å². The molecule has 1 N–H and O–H groups in total. The van der Waals surface area contributed by atoms with Crippen molar-refractivity contribution in [3.63, 3.8) is 0 Å². The van der Waals surface area contributed by atoms with Crippen molar-refractivity contribution >= 4 is 43.2 Å². The first kappa shape index (κ1) is 13.7. The SMILES string of the molecule is CC(C)CCCNCc1cc(Br)c(Br)s1. The summed E-state index contributed by atoms with van der Waals surface area (Å²) in [6.45, 7) is 6.64. The third-order valence-corrected chi connectivity index (χ3v) is 5.39. The Balaban J connectivity index is 2.15. The molecule has 0 aliphatic carbocycles. The summed E-state index contributed by atoms with van der Waals surface area (Å²) in [6.07, 6.45) is 2.58. The highest BCUT2D eigenvalue weighted by atomic mass is 79.9. The van der Waals surface area contributed by atoms with Crippen LogP contribution in [0.1, 0.15) is 31.6 Å². The van der Waals surface area contributed by atoms with Crippen LogP contribution in [-0.2, 0) is 6.54 Å². The van der Waals surface area contributed by atoms with E-state index in [9.17, 15) is 0 Å². The van der Waals surface area contributed by atoms with E-state index in [0.29, 0.717) is 0 Å². The average molecular weight is 355 g/mol. The van der Waals surface area contributed by atoms with Gasteiger partial charge in [-0.1, -0.05) is 13.8 Å². The van der Waals surface area contributed by atoms with E-state index in [4.69, 9.17) is 0 Å². The lowest BCUT2D eigenvalue weighted by atomic mass is 10.1. The second-order valence-electron chi connectivity index (χ2n) is 4.05. The third-order valence-electron chi connectivity index (χ3n) is 2.13. The van der Waals surface area contributed by atoms with Gasteiger partial charge in [-0.2, -0.15) is 0 Å².